The number of amides is 3. The van der Waals surface area contributed by atoms with Gasteiger partial charge in [0.2, 0.25) is 6.10 Å². The van der Waals surface area contributed by atoms with E-state index in [9.17, 15) is 14.4 Å². The first kappa shape index (κ1) is 20.7. The molecule has 7 nitrogen and oxygen atoms in total. The number of nitrogens with one attached hydrogen (secondary N) is 2. The summed E-state index contributed by atoms with van der Waals surface area (Å²) in [4.78, 5) is 37.1. The van der Waals surface area contributed by atoms with Crippen molar-refractivity contribution in [2.24, 2.45) is 5.92 Å². The average Bonchev–Trinajstić information content (AvgIpc) is 2.71. The van der Waals surface area contributed by atoms with Gasteiger partial charge in [-0.15, -0.1) is 0 Å². The molecule has 0 spiro atoms. The van der Waals surface area contributed by atoms with Crippen LogP contribution < -0.4 is 15.4 Å². The normalized spacial score (nSPS) is 16.0. The molecule has 0 radical (unpaired) electrons. The fourth-order valence-electron chi connectivity index (χ4n) is 3.01. The van der Waals surface area contributed by atoms with E-state index in [1.165, 1.54) is 0 Å². The number of carbonyl (C=O) groups is 3. The lowest BCUT2D eigenvalue weighted by molar-refractivity contribution is -0.161. The highest BCUT2D eigenvalue weighted by atomic mass is 35.5. The number of ether oxygens (including phenoxy) is 2. The summed E-state index contributed by atoms with van der Waals surface area (Å²) in [5.74, 6) is -1.23. The summed E-state index contributed by atoms with van der Waals surface area (Å²) in [5.41, 5.74) is 1.26. The number of benzene rings is 2. The molecule has 0 fully saturated rings. The fourth-order valence-corrected chi connectivity index (χ4v) is 3.20. The zero-order chi connectivity index (χ0) is 20.8. The van der Waals surface area contributed by atoms with Crippen LogP contribution >= 0.6 is 11.6 Å². The van der Waals surface area contributed by atoms with Gasteiger partial charge in [-0.1, -0.05) is 41.9 Å². The van der Waals surface area contributed by atoms with Crippen LogP contribution in [0.4, 0.5) is 4.79 Å². The summed E-state index contributed by atoms with van der Waals surface area (Å²) in [7, 11) is 0. The van der Waals surface area contributed by atoms with Crippen LogP contribution in [0.25, 0.3) is 0 Å². The summed E-state index contributed by atoms with van der Waals surface area (Å²) in [6.07, 6.45) is -0.874. The molecule has 29 heavy (non-hydrogen) atoms. The van der Waals surface area contributed by atoms with Crippen molar-refractivity contribution < 1.29 is 23.9 Å². The van der Waals surface area contributed by atoms with Crippen molar-refractivity contribution >= 4 is 29.5 Å². The van der Waals surface area contributed by atoms with Crippen LogP contribution in [-0.4, -0.2) is 31.1 Å². The summed E-state index contributed by atoms with van der Waals surface area (Å²) in [6.45, 7) is 2.22. The van der Waals surface area contributed by atoms with Crippen LogP contribution in [0.3, 0.4) is 0 Å². The first-order chi connectivity index (χ1) is 14.0. The Morgan fingerprint density at radius 2 is 1.97 bits per heavy atom. The van der Waals surface area contributed by atoms with Gasteiger partial charge in [0.25, 0.3) is 5.91 Å². The highest BCUT2D eigenvalue weighted by molar-refractivity contribution is 6.30. The number of rotatable bonds is 5. The standard InChI is InChI=1S/C21H21ClN2O5/c1-2-23-21(27)24-19(25)18(13-6-4-3-5-7-13)29-20(26)15-10-14-11-16(22)8-9-17(14)28-12-15/h3-9,11,15,18H,2,10,12H2,1H3,(H2,23,24,25,27)/t15-,18+/m1/s1. The van der Waals surface area contributed by atoms with Gasteiger partial charge in [0.1, 0.15) is 12.4 Å². The van der Waals surface area contributed by atoms with E-state index in [0.29, 0.717) is 29.3 Å². The number of halogens is 1. The minimum absolute atomic E-state index is 0.132. The molecule has 0 saturated carbocycles. The van der Waals surface area contributed by atoms with Gasteiger partial charge >= 0.3 is 12.0 Å². The molecule has 1 heterocycles. The van der Waals surface area contributed by atoms with Crippen LogP contribution in [0.2, 0.25) is 5.02 Å². The van der Waals surface area contributed by atoms with Gasteiger partial charge in [-0.05, 0) is 37.1 Å². The molecule has 0 bridgehead atoms. The Kier molecular flexibility index (Phi) is 6.72. The smallest absolute Gasteiger partial charge is 0.321 e. The predicted octanol–water partition coefficient (Wildman–Crippen LogP) is 3.02. The van der Waals surface area contributed by atoms with Crippen molar-refractivity contribution in [3.63, 3.8) is 0 Å². The molecule has 2 aromatic carbocycles. The lowest BCUT2D eigenvalue weighted by Gasteiger charge is -2.26. The fraction of sp³-hybridized carbons (Fsp3) is 0.286. The largest absolute Gasteiger partial charge is 0.492 e. The molecule has 2 N–H and O–H groups in total. The van der Waals surface area contributed by atoms with Crippen LogP contribution in [0.1, 0.15) is 24.2 Å². The van der Waals surface area contributed by atoms with E-state index in [4.69, 9.17) is 21.1 Å². The highest BCUT2D eigenvalue weighted by Crippen LogP contribution is 2.31. The summed E-state index contributed by atoms with van der Waals surface area (Å²) in [5, 5.41) is 5.21. The topological polar surface area (TPSA) is 93.7 Å². The van der Waals surface area contributed by atoms with Gasteiger partial charge in [0, 0.05) is 17.1 Å². The average molecular weight is 417 g/mol. The van der Waals surface area contributed by atoms with Crippen molar-refractivity contribution in [1.29, 1.82) is 0 Å². The third-order valence-corrected chi connectivity index (χ3v) is 4.65. The molecule has 0 aromatic heterocycles. The molecule has 152 valence electrons. The second-order valence-electron chi connectivity index (χ2n) is 6.54. The molecule has 0 unspecified atom stereocenters. The molecule has 3 amide bonds. The van der Waals surface area contributed by atoms with E-state index in [-0.39, 0.29) is 6.61 Å². The number of hydrogen-bond acceptors (Lipinski definition) is 5. The second kappa shape index (κ2) is 9.43. The maximum Gasteiger partial charge on any atom is 0.321 e. The van der Waals surface area contributed by atoms with Gasteiger partial charge in [0.15, 0.2) is 0 Å². The Morgan fingerprint density at radius 1 is 1.21 bits per heavy atom. The summed E-state index contributed by atoms with van der Waals surface area (Å²) < 4.78 is 11.2. The number of hydrogen-bond donors (Lipinski definition) is 2. The lowest BCUT2D eigenvalue weighted by atomic mass is 9.96. The Bertz CT molecular complexity index is 903. The monoisotopic (exact) mass is 416 g/mol. The van der Waals surface area contributed by atoms with Crippen molar-refractivity contribution in [2.45, 2.75) is 19.4 Å². The third kappa shape index (κ3) is 5.26. The Morgan fingerprint density at radius 3 is 2.69 bits per heavy atom. The number of imide groups is 1. The van der Waals surface area contributed by atoms with Crippen LogP contribution in [0.5, 0.6) is 5.75 Å². The van der Waals surface area contributed by atoms with Crippen LogP contribution in [-0.2, 0) is 20.7 Å². The number of carbonyl (C=O) groups excluding carboxylic acids is 3. The maximum absolute atomic E-state index is 12.8. The van der Waals surface area contributed by atoms with Gasteiger partial charge < -0.3 is 14.8 Å². The van der Waals surface area contributed by atoms with Gasteiger partial charge in [-0.25, -0.2) is 4.79 Å². The van der Waals surface area contributed by atoms with E-state index in [1.54, 1.807) is 55.5 Å². The van der Waals surface area contributed by atoms with Gasteiger partial charge in [-0.2, -0.15) is 0 Å². The van der Waals surface area contributed by atoms with Crippen LogP contribution in [0, 0.1) is 5.92 Å². The van der Waals surface area contributed by atoms with Gasteiger partial charge in [-0.3, -0.25) is 14.9 Å². The summed E-state index contributed by atoms with van der Waals surface area (Å²) >= 11 is 6.02. The molecule has 8 heteroatoms. The first-order valence-electron chi connectivity index (χ1n) is 9.23. The van der Waals surface area contributed by atoms with E-state index in [2.05, 4.69) is 10.6 Å². The molecule has 2 aromatic rings. The Hall–Kier alpha value is -3.06. The van der Waals surface area contributed by atoms with E-state index in [0.717, 1.165) is 5.56 Å². The van der Waals surface area contributed by atoms with E-state index < -0.39 is 29.9 Å². The van der Waals surface area contributed by atoms with Crippen molar-refractivity contribution in [3.8, 4) is 5.75 Å². The molecule has 0 aliphatic carbocycles. The Labute approximate surface area is 173 Å². The number of fused-ring (bicyclic) bond motifs is 1. The minimum Gasteiger partial charge on any atom is -0.492 e. The molecular weight excluding hydrogens is 396 g/mol. The van der Waals surface area contributed by atoms with Crippen molar-refractivity contribution in [1.82, 2.24) is 10.6 Å². The zero-order valence-corrected chi connectivity index (χ0v) is 16.6. The van der Waals surface area contributed by atoms with Crippen molar-refractivity contribution in [3.05, 3.63) is 64.7 Å². The van der Waals surface area contributed by atoms with E-state index in [1.807, 2.05) is 0 Å². The number of urea groups is 1. The predicted molar refractivity (Wildman–Crippen MR) is 107 cm³/mol. The first-order valence-corrected chi connectivity index (χ1v) is 9.61. The molecule has 2 atom stereocenters. The number of esters is 1. The lowest BCUT2D eigenvalue weighted by Crippen LogP contribution is -2.43. The molecule has 1 aliphatic heterocycles. The zero-order valence-electron chi connectivity index (χ0n) is 15.8. The van der Waals surface area contributed by atoms with Gasteiger partial charge in [0.05, 0.1) is 5.92 Å². The Balaban J connectivity index is 1.74. The SMILES string of the molecule is CCNC(=O)NC(=O)[C@@H](OC(=O)[C@H]1COc2ccc(Cl)cc2C1)c1ccccc1. The molecule has 3 rings (SSSR count). The maximum atomic E-state index is 12.8. The second-order valence-corrected chi connectivity index (χ2v) is 6.98. The minimum atomic E-state index is -1.26. The van der Waals surface area contributed by atoms with Crippen molar-refractivity contribution in [2.75, 3.05) is 13.2 Å². The highest BCUT2D eigenvalue weighted by Gasteiger charge is 2.33. The van der Waals surface area contributed by atoms with E-state index >= 15 is 0 Å². The summed E-state index contributed by atoms with van der Waals surface area (Å²) in [6, 6.07) is 13.1. The molecular formula is C21H21ClN2O5. The van der Waals surface area contributed by atoms with Crippen LogP contribution in [0.15, 0.2) is 48.5 Å². The third-order valence-electron chi connectivity index (χ3n) is 4.41. The molecule has 1 aliphatic rings. The molecule has 0 saturated heterocycles. The quantitative estimate of drug-likeness (QED) is 0.731.